The molecular formula is C75H97N17O19. The van der Waals surface area contributed by atoms with Crippen LogP contribution in [0.2, 0.25) is 0 Å². The first-order chi connectivity index (χ1) is 52.7. The number of H-pyrrole nitrogens is 2. The number of aromatic amines is 2. The van der Waals surface area contributed by atoms with Gasteiger partial charge in [0.25, 0.3) is 0 Å². The predicted molar refractivity (Wildman–Crippen MR) is 399 cm³/mol. The lowest BCUT2D eigenvalue weighted by molar-refractivity contribution is -0.145. The number of carbonyl (C=O) groups is 14. The lowest BCUT2D eigenvalue weighted by Gasteiger charge is -2.32. The highest BCUT2D eigenvalue weighted by Gasteiger charge is 2.43. The third kappa shape index (κ3) is 25.6. The van der Waals surface area contributed by atoms with Crippen LogP contribution in [0.1, 0.15) is 101 Å². The molecule has 36 nitrogen and oxygen atoms in total. The number of likely N-dealkylation sites (tertiary alicyclic amines) is 1. The van der Waals surface area contributed by atoms with Gasteiger partial charge in [-0.05, 0) is 109 Å². The zero-order valence-electron chi connectivity index (χ0n) is 61.8. The van der Waals surface area contributed by atoms with Gasteiger partial charge in [-0.25, -0.2) is 9.78 Å². The molecule has 1 aliphatic rings. The van der Waals surface area contributed by atoms with Crippen LogP contribution < -0.4 is 70.4 Å². The highest BCUT2D eigenvalue weighted by Crippen LogP contribution is 2.24. The van der Waals surface area contributed by atoms with Crippen LogP contribution in [0.3, 0.4) is 0 Å². The number of rotatable bonds is 41. The maximum absolute atomic E-state index is 15.0. The Bertz CT molecular complexity index is 4270. The maximum atomic E-state index is 15.0. The number of nitrogens with two attached hydrogens (primary N) is 3. The van der Waals surface area contributed by atoms with Crippen LogP contribution in [0.4, 0.5) is 0 Å². The zero-order chi connectivity index (χ0) is 81.3. The number of aliphatic hydroxyl groups excluding tert-OH is 1. The number of hydrogen-bond donors (Lipinski definition) is 20. The van der Waals surface area contributed by atoms with E-state index in [0.29, 0.717) is 45.3 Å². The minimum Gasteiger partial charge on any atom is -0.508 e. The van der Waals surface area contributed by atoms with E-state index >= 15 is 0 Å². The van der Waals surface area contributed by atoms with E-state index in [2.05, 4.69) is 68.1 Å². The molecule has 111 heavy (non-hydrogen) atoms. The Kier molecular flexibility index (Phi) is 31.4. The second-order valence-electron chi connectivity index (χ2n) is 27.7. The molecule has 0 spiro atoms. The lowest BCUT2D eigenvalue weighted by atomic mass is 9.97. The molecular weight excluding hydrogens is 1440 g/mol. The number of carboxylic acid groups (broad SMARTS) is 1. The summed E-state index contributed by atoms with van der Waals surface area (Å²) in [6.45, 7) is 6.51. The van der Waals surface area contributed by atoms with Crippen molar-refractivity contribution in [2.75, 3.05) is 13.1 Å². The monoisotopic (exact) mass is 1540 g/mol. The first-order valence-corrected chi connectivity index (χ1v) is 36.1. The van der Waals surface area contributed by atoms with Gasteiger partial charge in [-0.3, -0.25) is 62.3 Å². The van der Waals surface area contributed by atoms with Crippen molar-refractivity contribution in [2.24, 2.45) is 29.0 Å². The number of benzene rings is 4. The molecule has 4 aromatic carbocycles. The smallest absolute Gasteiger partial charge is 0.326 e. The summed E-state index contributed by atoms with van der Waals surface area (Å²) in [5.74, 6) is -15.6. The van der Waals surface area contributed by atoms with Gasteiger partial charge in [0, 0.05) is 67.6 Å². The minimum absolute atomic E-state index is 0.00539. The van der Waals surface area contributed by atoms with Crippen molar-refractivity contribution in [1.82, 2.24) is 73.0 Å². The van der Waals surface area contributed by atoms with Crippen LogP contribution in [0.5, 0.6) is 17.2 Å². The number of aliphatic hydroxyl groups is 1. The van der Waals surface area contributed by atoms with Crippen LogP contribution in [-0.2, 0) is 99.2 Å². The summed E-state index contributed by atoms with van der Waals surface area (Å²) < 4.78 is 0. The first-order valence-electron chi connectivity index (χ1n) is 36.1. The van der Waals surface area contributed by atoms with Crippen molar-refractivity contribution < 1.29 is 92.7 Å². The van der Waals surface area contributed by atoms with Crippen LogP contribution in [-0.4, -0.2) is 214 Å². The van der Waals surface area contributed by atoms with Gasteiger partial charge < -0.3 is 111 Å². The van der Waals surface area contributed by atoms with Crippen molar-refractivity contribution in [3.63, 3.8) is 0 Å². The van der Waals surface area contributed by atoms with E-state index in [1.54, 1.807) is 56.4 Å². The Balaban J connectivity index is 1.08. The maximum Gasteiger partial charge on any atom is 0.326 e. The minimum atomic E-state index is -1.86. The van der Waals surface area contributed by atoms with E-state index in [9.17, 15) is 92.7 Å². The van der Waals surface area contributed by atoms with Gasteiger partial charge in [0.2, 0.25) is 76.8 Å². The number of aliphatic carboxylic acids is 1. The second-order valence-corrected chi connectivity index (χ2v) is 27.7. The summed E-state index contributed by atoms with van der Waals surface area (Å²) in [6, 6.07) is 7.38. The summed E-state index contributed by atoms with van der Waals surface area (Å²) >= 11 is 0. The fourth-order valence-corrected chi connectivity index (χ4v) is 12.4. The number of carbonyl (C=O) groups excluding carboxylic acids is 13. The van der Waals surface area contributed by atoms with Crippen molar-refractivity contribution >= 4 is 93.7 Å². The van der Waals surface area contributed by atoms with Gasteiger partial charge in [-0.2, -0.15) is 0 Å². The van der Waals surface area contributed by atoms with E-state index < -0.39 is 193 Å². The summed E-state index contributed by atoms with van der Waals surface area (Å²) in [7, 11) is 0. The van der Waals surface area contributed by atoms with E-state index in [1.807, 2.05) is 0 Å². The molecule has 6 aromatic rings. The Morgan fingerprint density at radius 3 is 1.59 bits per heavy atom. The number of nitrogens with zero attached hydrogens (tertiary/aromatic N) is 2. The normalized spacial score (nSPS) is 15.9. The fraction of sp³-hybridized carbons (Fsp3) is 0.427. The topological polar surface area (TPSA) is 586 Å². The quantitative estimate of drug-likeness (QED) is 0.0191. The summed E-state index contributed by atoms with van der Waals surface area (Å²) in [5, 5.41) is 77.2. The van der Waals surface area contributed by atoms with Crippen molar-refractivity contribution in [3.05, 3.63) is 144 Å². The molecule has 36 heteroatoms. The van der Waals surface area contributed by atoms with Crippen molar-refractivity contribution in [3.8, 4) is 17.2 Å². The van der Waals surface area contributed by atoms with Crippen LogP contribution in [0, 0.1) is 11.8 Å². The van der Waals surface area contributed by atoms with E-state index in [1.165, 1.54) is 87.0 Å². The third-order valence-corrected chi connectivity index (χ3v) is 18.8. The van der Waals surface area contributed by atoms with Gasteiger partial charge >= 0.3 is 5.97 Å². The molecule has 0 saturated carbocycles. The number of nitrogens with one attached hydrogen (secondary N) is 12. The van der Waals surface area contributed by atoms with Gasteiger partial charge in [0.1, 0.15) is 77.7 Å². The van der Waals surface area contributed by atoms with Crippen molar-refractivity contribution in [1.29, 1.82) is 0 Å². The molecule has 1 saturated heterocycles. The average Bonchev–Trinajstić information content (AvgIpc) is 1.79. The molecule has 0 aliphatic carbocycles. The van der Waals surface area contributed by atoms with Crippen LogP contribution in [0.15, 0.2) is 116 Å². The molecule has 0 bridgehead atoms. The zero-order valence-corrected chi connectivity index (χ0v) is 61.8. The number of phenols is 3. The molecule has 3 heterocycles. The van der Waals surface area contributed by atoms with E-state index in [-0.39, 0.29) is 68.7 Å². The molecule has 1 fully saturated rings. The Morgan fingerprint density at radius 2 is 1.05 bits per heavy atom. The molecule has 0 radical (unpaired) electrons. The fourth-order valence-electron chi connectivity index (χ4n) is 12.4. The standard InChI is InChI=1S/C75H97N17O19/c1-6-39(4)63(75(110)111)90-73(108)62(38(2)3)89-71(106)57(33-60(78)98)88-67(102)52(25-26-59(77)97)84-72(107)58-12-9-27-92(58)74(109)64(40(5)93)91-70(105)54(30-43-17-23-48(96)24-18-43)83-61(99)36-81-66(101)53(29-42-15-21-47(95)22-16-42)86-68(103)55(31-44-34-80-51-11-8-7-10-49(44)51)87-69(104)56(32-45-35-79-37-82-45)85-65(100)50(76)28-41-13-19-46(94)20-14-41/h7-8,10-11,13-24,34-35,37-40,50,52-58,62-64,80,93-96H,6,9,12,25-33,36,76H2,1-5H3,(H2,77,97)(H2,78,98)(H,79,82)(H,81,101)(H,83,99)(H,84,107)(H,85,100)(H,86,103)(H,87,104)(H,88,102)(H,89,106)(H,90,108)(H,91,105)(H,110,111). The Labute approximate surface area is 637 Å². The molecule has 13 amide bonds. The number of primary amides is 2. The molecule has 596 valence electrons. The average molecular weight is 1540 g/mol. The summed E-state index contributed by atoms with van der Waals surface area (Å²) in [4.78, 5) is 205. The number of carboxylic acids is 1. The predicted octanol–water partition coefficient (Wildman–Crippen LogP) is -2.37. The van der Waals surface area contributed by atoms with Gasteiger partial charge in [-0.15, -0.1) is 0 Å². The molecule has 13 unspecified atom stereocenters. The van der Waals surface area contributed by atoms with Crippen LogP contribution in [0.25, 0.3) is 10.9 Å². The van der Waals surface area contributed by atoms with Crippen molar-refractivity contribution in [2.45, 2.75) is 178 Å². The number of fused-ring (bicyclic) bond motifs is 1. The highest BCUT2D eigenvalue weighted by atomic mass is 16.4. The van der Waals surface area contributed by atoms with Gasteiger partial charge in [0.05, 0.1) is 31.4 Å². The second kappa shape index (κ2) is 40.6. The number of amides is 13. The molecule has 1 aliphatic heterocycles. The summed E-state index contributed by atoms with van der Waals surface area (Å²) in [5.41, 5.74) is 20.3. The lowest BCUT2D eigenvalue weighted by Crippen LogP contribution is -2.62. The first kappa shape index (κ1) is 85.8. The largest absolute Gasteiger partial charge is 0.508 e. The number of phenolic OH excluding ortho intramolecular Hbond substituents is 3. The molecule has 13 atom stereocenters. The van der Waals surface area contributed by atoms with Gasteiger partial charge in [0.15, 0.2) is 0 Å². The molecule has 7 rings (SSSR count). The van der Waals surface area contributed by atoms with Crippen LogP contribution >= 0.6 is 0 Å². The number of hydrogen-bond acceptors (Lipinski definition) is 20. The number of imidazole rings is 1. The highest BCUT2D eigenvalue weighted by molar-refractivity contribution is 6.00. The number of aromatic nitrogens is 3. The van der Waals surface area contributed by atoms with Gasteiger partial charge in [-0.1, -0.05) is 88.7 Å². The Morgan fingerprint density at radius 1 is 0.550 bits per heavy atom. The molecule has 23 N–H and O–H groups in total. The third-order valence-electron chi connectivity index (χ3n) is 18.8. The summed E-state index contributed by atoms with van der Waals surface area (Å²) in [6.07, 6.45) is 0.335. The Hall–Kier alpha value is -12.5. The number of aromatic hydroxyl groups is 3. The molecule has 2 aromatic heterocycles. The van der Waals surface area contributed by atoms with E-state index in [0.717, 1.165) is 11.8 Å². The number of para-hydroxylation sites is 1. The van der Waals surface area contributed by atoms with E-state index in [4.69, 9.17) is 17.2 Å². The SMILES string of the molecule is CCC(C)C(NC(=O)C(NC(=O)C(CC(N)=O)NC(=O)C(CCC(N)=O)NC(=O)C1CCCN1C(=O)C(NC(=O)C(Cc1ccc(O)cc1)NC(=O)CNC(=O)C(Cc1ccc(O)cc1)NC(=O)C(Cc1c[nH]c2ccccc12)NC(=O)C(Cc1cnc[nH]1)NC(=O)C(N)Cc1ccc(O)cc1)C(C)O)C(C)C)C(=O)O.